The molecule has 130 valence electrons. The zero-order valence-electron chi connectivity index (χ0n) is 13.7. The highest BCUT2D eigenvalue weighted by molar-refractivity contribution is 14.0. The van der Waals surface area contributed by atoms with Crippen LogP contribution in [-0.2, 0) is 6.54 Å². The smallest absolute Gasteiger partial charge is 0.232 e. The molecule has 1 aromatic heterocycles. The number of nitrogens with two attached hydrogens (primary N) is 1. The Morgan fingerprint density at radius 2 is 2.26 bits per heavy atom. The molecule has 2 rings (SSSR count). The lowest BCUT2D eigenvalue weighted by atomic mass is 9.85. The largest absolute Gasteiger partial charge is 0.476 e. The summed E-state index contributed by atoms with van der Waals surface area (Å²) >= 11 is 6.17. The van der Waals surface area contributed by atoms with Crippen molar-refractivity contribution < 1.29 is 4.74 Å². The van der Waals surface area contributed by atoms with Crippen molar-refractivity contribution in [3.05, 3.63) is 22.8 Å². The molecular formula is C16H26ClIN4O. The van der Waals surface area contributed by atoms with Crippen LogP contribution in [0.25, 0.3) is 0 Å². The average Bonchev–Trinajstić information content (AvgIpc) is 2.42. The predicted octanol–water partition coefficient (Wildman–Crippen LogP) is 3.59. The first-order valence-electron chi connectivity index (χ1n) is 7.85. The molecule has 0 amide bonds. The van der Waals surface area contributed by atoms with Crippen LogP contribution in [-0.4, -0.2) is 24.1 Å². The van der Waals surface area contributed by atoms with Crippen LogP contribution >= 0.6 is 35.6 Å². The van der Waals surface area contributed by atoms with Gasteiger partial charge in [-0.05, 0) is 36.3 Å². The first-order valence-corrected chi connectivity index (χ1v) is 8.23. The first kappa shape index (κ1) is 20.3. The lowest BCUT2D eigenvalue weighted by Gasteiger charge is -2.25. The minimum Gasteiger partial charge on any atom is -0.476 e. The molecule has 0 aliphatic heterocycles. The van der Waals surface area contributed by atoms with Gasteiger partial charge in [-0.15, -0.1) is 24.0 Å². The third kappa shape index (κ3) is 7.12. The van der Waals surface area contributed by atoms with Crippen molar-refractivity contribution in [1.82, 2.24) is 10.3 Å². The standard InChI is InChI=1S/C16H25ClN4O.HI/c1-11(2)10-22-15-14(17)6-13(8-19-15)9-21-16(18)20-7-12-4-3-5-12;/h6,8,11-12H,3-5,7,9-10H2,1-2H3,(H3,18,20,21);1H. The Hall–Kier alpha value is -0.760. The van der Waals surface area contributed by atoms with Crippen LogP contribution in [0.1, 0.15) is 38.7 Å². The summed E-state index contributed by atoms with van der Waals surface area (Å²) in [4.78, 5) is 8.55. The summed E-state index contributed by atoms with van der Waals surface area (Å²) in [6.07, 6.45) is 5.64. The molecule has 0 atom stereocenters. The van der Waals surface area contributed by atoms with Gasteiger partial charge in [0.25, 0.3) is 0 Å². The minimum atomic E-state index is 0. The van der Waals surface area contributed by atoms with Crippen molar-refractivity contribution in [3.63, 3.8) is 0 Å². The van der Waals surface area contributed by atoms with Crippen molar-refractivity contribution in [3.8, 4) is 5.88 Å². The highest BCUT2D eigenvalue weighted by Crippen LogP contribution is 2.25. The molecule has 0 unspecified atom stereocenters. The van der Waals surface area contributed by atoms with Crippen molar-refractivity contribution in [2.45, 2.75) is 39.7 Å². The SMILES string of the molecule is CC(C)COc1ncc(CN=C(N)NCC2CCC2)cc1Cl.I. The van der Waals surface area contributed by atoms with Crippen LogP contribution in [0.2, 0.25) is 5.02 Å². The van der Waals surface area contributed by atoms with Crippen LogP contribution in [0.15, 0.2) is 17.3 Å². The van der Waals surface area contributed by atoms with E-state index in [1.807, 2.05) is 6.07 Å². The molecule has 0 bridgehead atoms. The third-order valence-electron chi connectivity index (χ3n) is 3.65. The molecule has 5 nitrogen and oxygen atoms in total. The van der Waals surface area contributed by atoms with Gasteiger partial charge in [0.2, 0.25) is 5.88 Å². The number of aliphatic imine (C=N–C) groups is 1. The highest BCUT2D eigenvalue weighted by Gasteiger charge is 2.16. The van der Waals surface area contributed by atoms with E-state index in [0.717, 1.165) is 18.0 Å². The molecule has 1 fully saturated rings. The molecular weight excluding hydrogens is 427 g/mol. The van der Waals surface area contributed by atoms with Gasteiger partial charge in [-0.3, -0.25) is 0 Å². The van der Waals surface area contributed by atoms with Crippen LogP contribution in [0.5, 0.6) is 5.88 Å². The number of nitrogens with zero attached hydrogens (tertiary/aromatic N) is 2. The summed E-state index contributed by atoms with van der Waals surface area (Å²) in [5, 5.41) is 3.67. The first-order chi connectivity index (χ1) is 10.5. The summed E-state index contributed by atoms with van der Waals surface area (Å²) < 4.78 is 5.55. The van der Waals surface area contributed by atoms with Crippen molar-refractivity contribution >= 4 is 41.5 Å². The van der Waals surface area contributed by atoms with Crippen molar-refractivity contribution in [2.24, 2.45) is 22.6 Å². The molecule has 0 saturated heterocycles. The monoisotopic (exact) mass is 452 g/mol. The molecule has 3 N–H and O–H groups in total. The Balaban J connectivity index is 0.00000264. The Morgan fingerprint density at radius 1 is 1.52 bits per heavy atom. The highest BCUT2D eigenvalue weighted by atomic mass is 127. The fourth-order valence-electron chi connectivity index (χ4n) is 2.08. The molecule has 0 aromatic carbocycles. The minimum absolute atomic E-state index is 0. The maximum Gasteiger partial charge on any atom is 0.232 e. The maximum atomic E-state index is 6.17. The zero-order valence-corrected chi connectivity index (χ0v) is 16.8. The van der Waals surface area contributed by atoms with Gasteiger partial charge >= 0.3 is 0 Å². The fraction of sp³-hybridized carbons (Fsp3) is 0.625. The van der Waals surface area contributed by atoms with Gasteiger partial charge in [0.1, 0.15) is 5.02 Å². The molecule has 1 heterocycles. The van der Waals surface area contributed by atoms with Gasteiger partial charge in [0, 0.05) is 12.7 Å². The van der Waals surface area contributed by atoms with E-state index < -0.39 is 0 Å². The van der Waals surface area contributed by atoms with E-state index in [1.165, 1.54) is 19.3 Å². The van der Waals surface area contributed by atoms with Gasteiger partial charge in [-0.1, -0.05) is 31.9 Å². The summed E-state index contributed by atoms with van der Waals surface area (Å²) in [5.74, 6) is 2.13. The quantitative estimate of drug-likeness (QED) is 0.377. The maximum absolute atomic E-state index is 6.17. The number of pyridine rings is 1. The number of nitrogens with one attached hydrogen (secondary N) is 1. The van der Waals surface area contributed by atoms with Gasteiger partial charge in [-0.2, -0.15) is 0 Å². The normalized spacial score (nSPS) is 15.0. The van der Waals surface area contributed by atoms with Crippen LogP contribution in [0.4, 0.5) is 0 Å². The van der Waals surface area contributed by atoms with E-state index in [4.69, 9.17) is 22.1 Å². The van der Waals surface area contributed by atoms with Crippen molar-refractivity contribution in [1.29, 1.82) is 0 Å². The van der Waals surface area contributed by atoms with Crippen LogP contribution in [0, 0.1) is 11.8 Å². The Bertz CT molecular complexity index is 521. The second-order valence-electron chi connectivity index (χ2n) is 6.21. The number of rotatable bonds is 7. The number of aromatic nitrogens is 1. The second kappa shape index (κ2) is 10.2. The number of guanidine groups is 1. The summed E-state index contributed by atoms with van der Waals surface area (Å²) in [6.45, 7) is 6.13. The van der Waals surface area contributed by atoms with Crippen molar-refractivity contribution in [2.75, 3.05) is 13.2 Å². The lowest BCUT2D eigenvalue weighted by molar-refractivity contribution is 0.261. The van der Waals surface area contributed by atoms with E-state index in [1.54, 1.807) is 6.20 Å². The van der Waals surface area contributed by atoms with Gasteiger partial charge < -0.3 is 15.8 Å². The molecule has 0 radical (unpaired) electrons. The van der Waals surface area contributed by atoms with E-state index in [0.29, 0.717) is 35.9 Å². The summed E-state index contributed by atoms with van der Waals surface area (Å²) in [5.41, 5.74) is 6.77. The van der Waals surface area contributed by atoms with E-state index in [2.05, 4.69) is 29.1 Å². The third-order valence-corrected chi connectivity index (χ3v) is 3.92. The Labute approximate surface area is 160 Å². The molecule has 7 heteroatoms. The second-order valence-corrected chi connectivity index (χ2v) is 6.62. The van der Waals surface area contributed by atoms with Gasteiger partial charge in [0.15, 0.2) is 5.96 Å². The Morgan fingerprint density at radius 3 is 2.83 bits per heavy atom. The van der Waals surface area contributed by atoms with E-state index in [-0.39, 0.29) is 24.0 Å². The number of hydrogen-bond acceptors (Lipinski definition) is 3. The molecule has 1 saturated carbocycles. The summed E-state index contributed by atoms with van der Waals surface area (Å²) in [7, 11) is 0. The molecule has 1 aromatic rings. The molecule has 23 heavy (non-hydrogen) atoms. The van der Waals surface area contributed by atoms with Gasteiger partial charge in [-0.25, -0.2) is 9.98 Å². The molecule has 1 aliphatic carbocycles. The fourth-order valence-corrected chi connectivity index (χ4v) is 2.32. The molecule has 0 spiro atoms. The van der Waals surface area contributed by atoms with Crippen LogP contribution in [0.3, 0.4) is 0 Å². The number of ether oxygens (including phenoxy) is 1. The topological polar surface area (TPSA) is 72.5 Å². The molecule has 1 aliphatic rings. The Kier molecular flexibility index (Phi) is 8.98. The average molecular weight is 453 g/mol. The zero-order chi connectivity index (χ0) is 15.9. The number of halogens is 2. The van der Waals surface area contributed by atoms with Crippen LogP contribution < -0.4 is 15.8 Å². The predicted molar refractivity (Wildman–Crippen MR) is 106 cm³/mol. The van der Waals surface area contributed by atoms with E-state index >= 15 is 0 Å². The summed E-state index contributed by atoms with van der Waals surface area (Å²) in [6, 6.07) is 1.83. The number of hydrogen-bond donors (Lipinski definition) is 2. The van der Waals surface area contributed by atoms with Gasteiger partial charge in [0.05, 0.1) is 13.2 Å². The lowest BCUT2D eigenvalue weighted by Crippen LogP contribution is -2.37. The van der Waals surface area contributed by atoms with E-state index in [9.17, 15) is 0 Å².